The number of fused-ring (bicyclic) bond motifs is 1. The van der Waals surface area contributed by atoms with Crippen molar-refractivity contribution in [2.45, 2.75) is 37.8 Å². The number of ether oxygens (including phenoxy) is 1. The van der Waals surface area contributed by atoms with Crippen LogP contribution in [0, 0.1) is 0 Å². The molecule has 0 saturated heterocycles. The maximum absolute atomic E-state index is 12.9. The van der Waals surface area contributed by atoms with Crippen LogP contribution < -0.4 is 10.3 Å². The van der Waals surface area contributed by atoms with Crippen LogP contribution in [0.15, 0.2) is 82.5 Å². The van der Waals surface area contributed by atoms with Gasteiger partial charge in [0.2, 0.25) is 0 Å². The van der Waals surface area contributed by atoms with E-state index in [1.165, 1.54) is 24.3 Å². The molecule has 0 spiro atoms. The van der Waals surface area contributed by atoms with Gasteiger partial charge in [0.05, 0.1) is 15.8 Å². The molecule has 0 fully saturated rings. The van der Waals surface area contributed by atoms with Crippen LogP contribution in [0.1, 0.15) is 35.7 Å². The Balaban J connectivity index is 1.45. The van der Waals surface area contributed by atoms with Crippen LogP contribution in [0.4, 0.5) is 5.69 Å². The second-order valence-electron chi connectivity index (χ2n) is 7.91. The first kappa shape index (κ1) is 24.1. The third-order valence-electron chi connectivity index (χ3n) is 5.35. The predicted octanol–water partition coefficient (Wildman–Crippen LogP) is 3.75. The van der Waals surface area contributed by atoms with Gasteiger partial charge in [-0.2, -0.15) is 4.68 Å². The Labute approximate surface area is 202 Å². The van der Waals surface area contributed by atoms with Crippen molar-refractivity contribution in [3.63, 3.8) is 0 Å². The summed E-state index contributed by atoms with van der Waals surface area (Å²) in [5.41, 5.74) is 1.55. The van der Waals surface area contributed by atoms with E-state index in [0.717, 1.165) is 29.5 Å². The summed E-state index contributed by atoms with van der Waals surface area (Å²) in [6.45, 7) is 1.65. The van der Waals surface area contributed by atoms with E-state index in [-0.39, 0.29) is 10.5 Å². The van der Waals surface area contributed by atoms with Crippen molar-refractivity contribution in [3.8, 4) is 0 Å². The number of hydrogen-bond acceptors (Lipinski definition) is 7. The third kappa shape index (κ3) is 5.72. The van der Waals surface area contributed by atoms with E-state index >= 15 is 0 Å². The zero-order chi connectivity index (χ0) is 24.8. The first-order valence-corrected chi connectivity index (χ1v) is 12.6. The Morgan fingerprint density at radius 2 is 1.80 bits per heavy atom. The van der Waals surface area contributed by atoms with E-state index in [4.69, 9.17) is 4.74 Å². The van der Waals surface area contributed by atoms with Crippen molar-refractivity contribution in [3.05, 3.63) is 94.3 Å². The van der Waals surface area contributed by atoms with Gasteiger partial charge in [0.15, 0.2) is 6.73 Å². The van der Waals surface area contributed by atoms with E-state index in [1.54, 1.807) is 36.4 Å². The first-order chi connectivity index (χ1) is 16.9. The van der Waals surface area contributed by atoms with Gasteiger partial charge < -0.3 is 4.74 Å². The Morgan fingerprint density at radius 1 is 1.03 bits per heavy atom. The summed E-state index contributed by atoms with van der Waals surface area (Å²) in [6, 6.07) is 19.4. The monoisotopic (exact) mass is 492 g/mol. The molecule has 0 bridgehead atoms. The van der Waals surface area contributed by atoms with Crippen molar-refractivity contribution in [2.24, 2.45) is 0 Å². The number of anilines is 1. The Bertz CT molecular complexity index is 1520. The van der Waals surface area contributed by atoms with Crippen LogP contribution in [-0.4, -0.2) is 29.4 Å². The lowest BCUT2D eigenvalue weighted by Crippen LogP contribution is -2.26. The molecular weight excluding hydrogens is 468 g/mol. The number of carbonyl (C=O) groups excluding carboxylic acids is 1. The number of nitrogens with one attached hydrogen (secondary N) is 1. The Hall–Kier alpha value is -4.05. The molecule has 0 unspecified atom stereocenters. The molecule has 3 aromatic carbocycles. The van der Waals surface area contributed by atoms with Crippen molar-refractivity contribution in [1.29, 1.82) is 0 Å². The number of carbonyl (C=O) groups is 1. The summed E-state index contributed by atoms with van der Waals surface area (Å²) in [4.78, 5) is 25.0. The second kappa shape index (κ2) is 10.5. The number of unbranched alkanes of at least 4 members (excludes halogenated alkanes) is 1. The van der Waals surface area contributed by atoms with Gasteiger partial charge in [0, 0.05) is 5.69 Å². The summed E-state index contributed by atoms with van der Waals surface area (Å²) in [5.74, 6) is -0.802. The molecule has 1 N–H and O–H groups in total. The van der Waals surface area contributed by atoms with Gasteiger partial charge in [-0.25, -0.2) is 13.2 Å². The van der Waals surface area contributed by atoms with Crippen LogP contribution in [0.5, 0.6) is 0 Å². The molecule has 10 heteroatoms. The quantitative estimate of drug-likeness (QED) is 0.353. The number of rotatable bonds is 9. The minimum absolute atomic E-state index is 0.0181. The molecule has 0 atom stereocenters. The number of aromatic nitrogens is 3. The lowest BCUT2D eigenvalue weighted by molar-refractivity contribution is 0.0336. The lowest BCUT2D eigenvalue weighted by atomic mass is 10.1. The zero-order valence-electron chi connectivity index (χ0n) is 19.0. The highest BCUT2D eigenvalue weighted by atomic mass is 32.2. The van der Waals surface area contributed by atoms with Gasteiger partial charge in [0.25, 0.3) is 15.6 Å². The minimum Gasteiger partial charge on any atom is -0.439 e. The fourth-order valence-corrected chi connectivity index (χ4v) is 4.54. The highest BCUT2D eigenvalue weighted by Crippen LogP contribution is 2.19. The van der Waals surface area contributed by atoms with Gasteiger partial charge in [0.1, 0.15) is 5.52 Å². The summed E-state index contributed by atoms with van der Waals surface area (Å²) < 4.78 is 34.3. The smallest absolute Gasteiger partial charge is 0.339 e. The second-order valence-corrected chi connectivity index (χ2v) is 9.59. The molecular formula is C25H24N4O5S. The fourth-order valence-electron chi connectivity index (χ4n) is 3.44. The van der Waals surface area contributed by atoms with Crippen LogP contribution >= 0.6 is 0 Å². The first-order valence-electron chi connectivity index (χ1n) is 11.1. The molecule has 9 nitrogen and oxygen atoms in total. The molecule has 0 radical (unpaired) electrons. The van der Waals surface area contributed by atoms with Gasteiger partial charge in [-0.05, 0) is 60.9 Å². The van der Waals surface area contributed by atoms with Crippen molar-refractivity contribution in [1.82, 2.24) is 15.0 Å². The molecule has 180 valence electrons. The van der Waals surface area contributed by atoms with Crippen LogP contribution in [-0.2, 0) is 27.9 Å². The maximum Gasteiger partial charge on any atom is 0.339 e. The Kier molecular flexibility index (Phi) is 7.21. The topological polar surface area (TPSA) is 120 Å². The molecule has 0 aliphatic heterocycles. The predicted molar refractivity (Wildman–Crippen MR) is 132 cm³/mol. The summed E-state index contributed by atoms with van der Waals surface area (Å²) in [5, 5.41) is 8.05. The summed E-state index contributed by atoms with van der Waals surface area (Å²) in [7, 11) is -3.93. The van der Waals surface area contributed by atoms with E-state index in [9.17, 15) is 18.0 Å². The van der Waals surface area contributed by atoms with Crippen molar-refractivity contribution >= 4 is 32.6 Å². The highest BCUT2D eigenvalue weighted by molar-refractivity contribution is 7.92. The highest BCUT2D eigenvalue weighted by Gasteiger charge is 2.18. The van der Waals surface area contributed by atoms with E-state index in [2.05, 4.69) is 22.0 Å². The van der Waals surface area contributed by atoms with Gasteiger partial charge in [-0.1, -0.05) is 48.9 Å². The molecule has 1 aromatic heterocycles. The summed E-state index contributed by atoms with van der Waals surface area (Å²) >= 11 is 0. The van der Waals surface area contributed by atoms with Crippen LogP contribution in [0.3, 0.4) is 0 Å². The molecule has 4 aromatic rings. The van der Waals surface area contributed by atoms with Crippen LogP contribution in [0.2, 0.25) is 0 Å². The van der Waals surface area contributed by atoms with Gasteiger partial charge >= 0.3 is 5.97 Å². The van der Waals surface area contributed by atoms with Crippen LogP contribution in [0.25, 0.3) is 10.9 Å². The Morgan fingerprint density at radius 3 is 2.57 bits per heavy atom. The molecule has 1 heterocycles. The normalized spacial score (nSPS) is 11.3. The van der Waals surface area contributed by atoms with Gasteiger partial charge in [-0.15, -0.1) is 5.10 Å². The van der Waals surface area contributed by atoms with Crippen molar-refractivity contribution < 1.29 is 17.9 Å². The average Bonchev–Trinajstić information content (AvgIpc) is 2.88. The number of nitrogens with zero attached hydrogens (tertiary/aromatic N) is 3. The van der Waals surface area contributed by atoms with E-state index < -0.39 is 28.3 Å². The molecule has 0 amide bonds. The zero-order valence-corrected chi connectivity index (χ0v) is 19.9. The van der Waals surface area contributed by atoms with Gasteiger partial charge in [-0.3, -0.25) is 9.52 Å². The molecule has 35 heavy (non-hydrogen) atoms. The SMILES string of the molecule is CCCCc1ccc(NS(=O)(=O)c2cccc(C(=O)OCn3nnc4ccccc4c3=O)c2)cc1. The van der Waals surface area contributed by atoms with E-state index in [1.807, 2.05) is 12.1 Å². The number of sulfonamides is 1. The summed E-state index contributed by atoms with van der Waals surface area (Å²) in [6.07, 6.45) is 3.08. The minimum atomic E-state index is -3.93. The number of benzene rings is 3. The number of hydrogen-bond donors (Lipinski definition) is 1. The fraction of sp³-hybridized carbons (Fsp3) is 0.200. The average molecular weight is 493 g/mol. The number of esters is 1. The molecule has 0 aliphatic rings. The third-order valence-corrected chi connectivity index (χ3v) is 6.73. The van der Waals surface area contributed by atoms with E-state index in [0.29, 0.717) is 16.6 Å². The molecule has 0 saturated carbocycles. The van der Waals surface area contributed by atoms with Crippen molar-refractivity contribution in [2.75, 3.05) is 4.72 Å². The standard InChI is InChI=1S/C25H24N4O5S/c1-2-3-7-18-12-14-20(15-13-18)27-35(32,33)21-9-6-8-19(16-21)25(31)34-17-29-24(30)22-10-4-5-11-23(22)26-28-29/h4-6,8-16,27H,2-3,7,17H2,1H3. The lowest BCUT2D eigenvalue weighted by Gasteiger charge is -2.10. The molecule has 4 rings (SSSR count). The molecule has 0 aliphatic carbocycles. The number of aryl methyl sites for hydroxylation is 1. The maximum atomic E-state index is 12.9. The largest absolute Gasteiger partial charge is 0.439 e.